The summed E-state index contributed by atoms with van der Waals surface area (Å²) >= 11 is 1.45. The molecule has 2 aromatic heterocycles. The molecule has 166 valence electrons. The zero-order valence-corrected chi connectivity index (χ0v) is 18.0. The molecule has 0 atom stereocenters. The monoisotopic (exact) mass is 457 g/mol. The third kappa shape index (κ3) is 4.14. The number of fused-ring (bicyclic) bond motifs is 1. The number of carbonyl (C=O) groups excluding carboxylic acids is 2. The quantitative estimate of drug-likeness (QED) is 0.617. The maximum absolute atomic E-state index is 14.2. The van der Waals surface area contributed by atoms with E-state index in [0.717, 1.165) is 42.2 Å². The molecule has 0 radical (unpaired) electrons. The molecule has 1 aliphatic carbocycles. The van der Waals surface area contributed by atoms with Gasteiger partial charge in [0.05, 0.1) is 18.7 Å². The minimum atomic E-state index is -0.897. The Morgan fingerprint density at radius 2 is 2.09 bits per heavy atom. The third-order valence-electron chi connectivity index (χ3n) is 5.81. The van der Waals surface area contributed by atoms with E-state index < -0.39 is 17.5 Å². The lowest BCUT2D eigenvalue weighted by Crippen LogP contribution is -2.37. The molecule has 7 nitrogen and oxygen atoms in total. The van der Waals surface area contributed by atoms with E-state index in [1.807, 2.05) is 10.1 Å². The fourth-order valence-corrected chi connectivity index (χ4v) is 4.51. The topological polar surface area (TPSA) is 80.1 Å². The molecular formula is C22H21F2N5O2S. The first-order valence-corrected chi connectivity index (χ1v) is 11.4. The summed E-state index contributed by atoms with van der Waals surface area (Å²) in [5.41, 5.74) is 1.73. The van der Waals surface area contributed by atoms with Crippen LogP contribution in [-0.2, 0) is 26.1 Å². The van der Waals surface area contributed by atoms with Crippen LogP contribution in [0.1, 0.15) is 50.0 Å². The first-order chi connectivity index (χ1) is 15.5. The Morgan fingerprint density at radius 1 is 1.25 bits per heavy atom. The Bertz CT molecular complexity index is 1170. The normalized spacial score (nSPS) is 15.5. The summed E-state index contributed by atoms with van der Waals surface area (Å²) in [7, 11) is 0. The molecule has 0 saturated heterocycles. The Morgan fingerprint density at radius 3 is 2.81 bits per heavy atom. The zero-order valence-electron chi connectivity index (χ0n) is 17.2. The van der Waals surface area contributed by atoms with Gasteiger partial charge in [-0.05, 0) is 30.9 Å². The number of hydrogen-bond donors (Lipinski definition) is 1. The van der Waals surface area contributed by atoms with E-state index in [0.29, 0.717) is 37.1 Å². The smallest absolute Gasteiger partial charge is 0.272 e. The van der Waals surface area contributed by atoms with E-state index in [-0.39, 0.29) is 23.7 Å². The van der Waals surface area contributed by atoms with Crippen molar-refractivity contribution in [2.24, 2.45) is 5.92 Å². The van der Waals surface area contributed by atoms with Crippen LogP contribution in [-0.4, -0.2) is 38.0 Å². The largest absolute Gasteiger partial charge is 0.344 e. The predicted octanol–water partition coefficient (Wildman–Crippen LogP) is 3.16. The van der Waals surface area contributed by atoms with Gasteiger partial charge in [-0.15, -0.1) is 11.3 Å². The molecule has 3 aromatic rings. The summed E-state index contributed by atoms with van der Waals surface area (Å²) in [6, 6.07) is 2.92. The summed E-state index contributed by atoms with van der Waals surface area (Å²) in [5.74, 6) is -1.92. The SMILES string of the molecule is O=C(NCc1nccs1)c1nn(CC2CC2)c2c1CN(C(=O)c1ccc(F)cc1F)CC2. The van der Waals surface area contributed by atoms with Gasteiger partial charge in [-0.25, -0.2) is 13.8 Å². The fourth-order valence-electron chi connectivity index (χ4n) is 3.96. The van der Waals surface area contributed by atoms with Crippen LogP contribution in [0.3, 0.4) is 0 Å². The number of halogens is 2. The van der Waals surface area contributed by atoms with Crippen molar-refractivity contribution < 1.29 is 18.4 Å². The van der Waals surface area contributed by atoms with E-state index in [2.05, 4.69) is 15.4 Å². The molecule has 10 heteroatoms. The third-order valence-corrected chi connectivity index (χ3v) is 6.59. The molecule has 1 N–H and O–H groups in total. The van der Waals surface area contributed by atoms with Gasteiger partial charge in [0, 0.05) is 48.4 Å². The standard InChI is InChI=1S/C22H21F2N5O2S/c23-14-3-4-15(17(24)9-14)22(31)28-7-5-18-16(12-28)20(27-29(18)11-13-1-2-13)21(30)26-10-19-25-6-8-32-19/h3-4,6,8-9,13H,1-2,5,7,10-12H2,(H,26,30). The van der Waals surface area contributed by atoms with Gasteiger partial charge in [-0.2, -0.15) is 5.10 Å². The number of benzene rings is 1. The molecule has 1 aromatic carbocycles. The fraction of sp³-hybridized carbons (Fsp3) is 0.364. The van der Waals surface area contributed by atoms with E-state index in [9.17, 15) is 18.4 Å². The van der Waals surface area contributed by atoms with E-state index in [1.54, 1.807) is 6.20 Å². The van der Waals surface area contributed by atoms with Crippen molar-refractivity contribution in [1.82, 2.24) is 25.0 Å². The highest BCUT2D eigenvalue weighted by molar-refractivity contribution is 7.09. The summed E-state index contributed by atoms with van der Waals surface area (Å²) < 4.78 is 29.3. The van der Waals surface area contributed by atoms with Crippen LogP contribution in [0.2, 0.25) is 0 Å². The van der Waals surface area contributed by atoms with Crippen LogP contribution < -0.4 is 5.32 Å². The van der Waals surface area contributed by atoms with Gasteiger partial charge in [-0.3, -0.25) is 14.3 Å². The van der Waals surface area contributed by atoms with Crippen LogP contribution in [0.5, 0.6) is 0 Å². The number of nitrogens with zero attached hydrogens (tertiary/aromatic N) is 4. The number of nitrogens with one attached hydrogen (secondary N) is 1. The number of aromatic nitrogens is 3. The molecule has 0 bridgehead atoms. The molecule has 0 spiro atoms. The highest BCUT2D eigenvalue weighted by atomic mass is 32.1. The average molecular weight is 458 g/mol. The molecule has 2 amide bonds. The minimum absolute atomic E-state index is 0.148. The first kappa shape index (κ1) is 20.7. The Labute approximate surface area is 187 Å². The van der Waals surface area contributed by atoms with Gasteiger partial charge in [-0.1, -0.05) is 0 Å². The predicted molar refractivity (Wildman–Crippen MR) is 113 cm³/mol. The van der Waals surface area contributed by atoms with Crippen molar-refractivity contribution in [2.45, 2.75) is 38.9 Å². The lowest BCUT2D eigenvalue weighted by Gasteiger charge is -2.28. The second-order valence-electron chi connectivity index (χ2n) is 8.11. The highest BCUT2D eigenvalue weighted by Gasteiger charge is 2.33. The lowest BCUT2D eigenvalue weighted by atomic mass is 10.0. The number of carbonyl (C=O) groups is 2. The maximum Gasteiger partial charge on any atom is 0.272 e. The van der Waals surface area contributed by atoms with Gasteiger partial charge in [0.2, 0.25) is 0 Å². The number of amides is 2. The molecule has 3 heterocycles. The lowest BCUT2D eigenvalue weighted by molar-refractivity contribution is 0.0725. The Hall–Kier alpha value is -3.14. The second-order valence-corrected chi connectivity index (χ2v) is 9.09. The summed E-state index contributed by atoms with van der Waals surface area (Å²) in [6.07, 6.45) is 4.49. The van der Waals surface area contributed by atoms with Crippen molar-refractivity contribution in [2.75, 3.05) is 6.54 Å². The number of thiazole rings is 1. The van der Waals surface area contributed by atoms with Crippen molar-refractivity contribution in [3.63, 3.8) is 0 Å². The average Bonchev–Trinajstić information content (AvgIpc) is 3.30. The Balaban J connectivity index is 1.40. The first-order valence-electron chi connectivity index (χ1n) is 10.5. The summed E-state index contributed by atoms with van der Waals surface area (Å²) in [6.45, 7) is 1.57. The molecular weight excluding hydrogens is 436 g/mol. The summed E-state index contributed by atoms with van der Waals surface area (Å²) in [4.78, 5) is 31.5. The van der Waals surface area contributed by atoms with Gasteiger partial charge in [0.15, 0.2) is 5.69 Å². The number of rotatable bonds is 6. The van der Waals surface area contributed by atoms with E-state index in [4.69, 9.17) is 0 Å². The molecule has 1 saturated carbocycles. The van der Waals surface area contributed by atoms with Crippen molar-refractivity contribution in [1.29, 1.82) is 0 Å². The maximum atomic E-state index is 14.2. The second kappa shape index (κ2) is 8.42. The van der Waals surface area contributed by atoms with Gasteiger partial charge < -0.3 is 10.2 Å². The number of hydrogen-bond acceptors (Lipinski definition) is 5. The van der Waals surface area contributed by atoms with Gasteiger partial charge >= 0.3 is 0 Å². The van der Waals surface area contributed by atoms with Crippen molar-refractivity contribution >= 4 is 23.2 Å². The van der Waals surface area contributed by atoms with Gasteiger partial charge in [0.25, 0.3) is 11.8 Å². The Kier molecular flexibility index (Phi) is 5.46. The van der Waals surface area contributed by atoms with Crippen molar-refractivity contribution in [3.05, 3.63) is 68.9 Å². The van der Waals surface area contributed by atoms with Crippen LogP contribution in [0, 0.1) is 17.6 Å². The van der Waals surface area contributed by atoms with E-state index in [1.165, 1.54) is 16.2 Å². The minimum Gasteiger partial charge on any atom is -0.344 e. The zero-order chi connectivity index (χ0) is 22.2. The van der Waals surface area contributed by atoms with Crippen molar-refractivity contribution in [3.8, 4) is 0 Å². The van der Waals surface area contributed by atoms with Crippen LogP contribution in [0.4, 0.5) is 8.78 Å². The molecule has 0 unspecified atom stereocenters. The van der Waals surface area contributed by atoms with Crippen LogP contribution in [0.15, 0.2) is 29.8 Å². The van der Waals surface area contributed by atoms with Crippen LogP contribution >= 0.6 is 11.3 Å². The summed E-state index contributed by atoms with van der Waals surface area (Å²) in [5, 5.41) is 10.1. The molecule has 1 fully saturated rings. The molecule has 32 heavy (non-hydrogen) atoms. The molecule has 2 aliphatic rings. The van der Waals surface area contributed by atoms with Gasteiger partial charge in [0.1, 0.15) is 16.6 Å². The highest BCUT2D eigenvalue weighted by Crippen LogP contribution is 2.33. The molecule has 1 aliphatic heterocycles. The van der Waals surface area contributed by atoms with E-state index >= 15 is 0 Å². The molecule has 5 rings (SSSR count). The van der Waals surface area contributed by atoms with Crippen LogP contribution in [0.25, 0.3) is 0 Å².